The molecule has 2 aliphatic rings. The summed E-state index contributed by atoms with van der Waals surface area (Å²) in [5.41, 5.74) is 1.41. The second-order valence-corrected chi connectivity index (χ2v) is 10.8. The second-order valence-electron chi connectivity index (χ2n) is 10.8. The number of hydrogen-bond donors (Lipinski definition) is 3. The van der Waals surface area contributed by atoms with E-state index in [1.54, 1.807) is 6.07 Å². The highest BCUT2D eigenvalue weighted by Gasteiger charge is 2.31. The molecule has 11 nitrogen and oxygen atoms in total. The van der Waals surface area contributed by atoms with E-state index in [4.69, 9.17) is 14.2 Å². The van der Waals surface area contributed by atoms with Gasteiger partial charge in [0.15, 0.2) is 0 Å². The van der Waals surface area contributed by atoms with Gasteiger partial charge in [0.25, 0.3) is 0 Å². The molecule has 0 saturated carbocycles. The van der Waals surface area contributed by atoms with Crippen molar-refractivity contribution in [1.29, 1.82) is 0 Å². The number of morpholine rings is 1. The van der Waals surface area contributed by atoms with Crippen LogP contribution in [0.25, 0.3) is 11.5 Å². The smallest absolute Gasteiger partial charge is 0.495 e. The van der Waals surface area contributed by atoms with Gasteiger partial charge in [-0.05, 0) is 44.9 Å². The van der Waals surface area contributed by atoms with Gasteiger partial charge in [0.05, 0.1) is 26.0 Å². The number of benzene rings is 2. The Morgan fingerprint density at radius 3 is 2.48 bits per heavy atom. The molecule has 0 unspecified atom stereocenters. The number of fused-ring (bicyclic) bond motifs is 1. The molecule has 1 saturated heterocycles. The Labute approximate surface area is 278 Å². The summed E-state index contributed by atoms with van der Waals surface area (Å²) < 4.78 is 59.2. The maximum atomic E-state index is 13.1. The van der Waals surface area contributed by atoms with Gasteiger partial charge >= 0.3 is 12.4 Å². The summed E-state index contributed by atoms with van der Waals surface area (Å²) in [7, 11) is 1.35. The molecule has 1 aliphatic heterocycles. The molecule has 14 heteroatoms. The zero-order chi connectivity index (χ0) is 34.5. The highest BCUT2D eigenvalue weighted by Crippen LogP contribution is 2.32. The second kappa shape index (κ2) is 17.6. The number of hydrogen-bond acceptors (Lipinski definition) is 9. The highest BCUT2D eigenvalue weighted by atomic mass is 19.4. The van der Waals surface area contributed by atoms with Crippen molar-refractivity contribution in [1.82, 2.24) is 20.2 Å². The van der Waals surface area contributed by atoms with Gasteiger partial charge in [-0.25, -0.2) is 9.78 Å². The number of alkyl halides is 3. The molecule has 1 aromatic heterocycles. The van der Waals surface area contributed by atoms with E-state index in [1.807, 2.05) is 45.0 Å². The van der Waals surface area contributed by atoms with Crippen LogP contribution in [0.5, 0.6) is 17.4 Å². The number of rotatable bonds is 11. The number of halogens is 3. The lowest BCUT2D eigenvalue weighted by Crippen LogP contribution is -2.37. The van der Waals surface area contributed by atoms with Gasteiger partial charge in [0.1, 0.15) is 17.3 Å². The summed E-state index contributed by atoms with van der Waals surface area (Å²) in [6, 6.07) is 12.1. The van der Waals surface area contributed by atoms with E-state index in [9.17, 15) is 18.0 Å². The lowest BCUT2D eigenvalue weighted by molar-refractivity contribution is -0.274. The maximum Gasteiger partial charge on any atom is 0.573 e. The van der Waals surface area contributed by atoms with E-state index in [0.717, 1.165) is 74.1 Å². The summed E-state index contributed by atoms with van der Waals surface area (Å²) in [6.07, 6.45) is -2.17. The van der Waals surface area contributed by atoms with Crippen molar-refractivity contribution >= 4 is 29.1 Å². The fraction of sp³-hybridized carbons (Fsp3) is 0.441. The van der Waals surface area contributed by atoms with E-state index < -0.39 is 18.1 Å². The fourth-order valence-corrected chi connectivity index (χ4v) is 5.32. The molecule has 2 amide bonds. The Bertz CT molecular complexity index is 1650. The third-order valence-electron chi connectivity index (χ3n) is 7.40. The summed E-state index contributed by atoms with van der Waals surface area (Å²) in [6.45, 7) is 11.0. The first-order chi connectivity index (χ1) is 23.2. The van der Waals surface area contributed by atoms with Crippen molar-refractivity contribution in [3.05, 3.63) is 64.7 Å². The highest BCUT2D eigenvalue weighted by molar-refractivity contribution is 5.94. The molecule has 260 valence electrons. The molecular weight excluding hydrogens is 629 g/mol. The van der Waals surface area contributed by atoms with Crippen molar-refractivity contribution in [2.75, 3.05) is 57.1 Å². The molecule has 1 aliphatic carbocycles. The molecule has 2 aromatic carbocycles. The van der Waals surface area contributed by atoms with E-state index >= 15 is 0 Å². The van der Waals surface area contributed by atoms with Crippen LogP contribution in [0.4, 0.5) is 29.6 Å². The Kier molecular flexibility index (Phi) is 13.3. The minimum Gasteiger partial charge on any atom is -0.495 e. The van der Waals surface area contributed by atoms with Crippen molar-refractivity contribution in [3.8, 4) is 17.4 Å². The molecule has 3 aromatic rings. The number of urea groups is 1. The van der Waals surface area contributed by atoms with E-state index in [-0.39, 0.29) is 11.4 Å². The summed E-state index contributed by atoms with van der Waals surface area (Å²) in [5, 5.41) is 10.3. The number of nitrogens with zero attached hydrogens (tertiary/aromatic N) is 3. The Morgan fingerprint density at radius 1 is 1.00 bits per heavy atom. The number of carbonyl (C=O) groups is 1. The van der Waals surface area contributed by atoms with E-state index in [0.29, 0.717) is 42.5 Å². The Balaban J connectivity index is 0.00000255. The molecular formula is C34H43F3N6O5. The van der Waals surface area contributed by atoms with Gasteiger partial charge in [-0.15, -0.1) is 13.2 Å². The summed E-state index contributed by atoms with van der Waals surface area (Å²) in [5.74, 6) is 1.29. The topological polar surface area (TPSA) is 119 Å². The average molecular weight is 673 g/mol. The first kappa shape index (κ1) is 36.3. The molecule has 5 rings (SSSR count). The van der Waals surface area contributed by atoms with Crippen LogP contribution >= 0.6 is 0 Å². The minimum atomic E-state index is -4.88. The number of ether oxygens (including phenoxy) is 4. The number of carbonyl (C=O) groups excluding carboxylic acids is 1. The maximum absolute atomic E-state index is 13.1. The van der Waals surface area contributed by atoms with Gasteiger partial charge in [0.2, 0.25) is 11.8 Å². The average Bonchev–Trinajstić information content (AvgIpc) is 3.22. The monoisotopic (exact) mass is 672 g/mol. The number of nitrogens with one attached hydrogen (secondary N) is 3. The van der Waals surface area contributed by atoms with Crippen LogP contribution < -0.4 is 40.6 Å². The number of amides is 2. The van der Waals surface area contributed by atoms with E-state index in [1.165, 1.54) is 13.2 Å². The quantitative estimate of drug-likeness (QED) is 0.238. The van der Waals surface area contributed by atoms with Gasteiger partial charge in [-0.2, -0.15) is 4.98 Å². The van der Waals surface area contributed by atoms with Crippen molar-refractivity contribution in [3.63, 3.8) is 0 Å². The number of anilines is 2. The number of aryl methyl sites for hydroxylation is 1. The van der Waals surface area contributed by atoms with Crippen molar-refractivity contribution in [2.45, 2.75) is 52.8 Å². The van der Waals surface area contributed by atoms with Crippen LogP contribution in [0, 0.1) is 6.92 Å². The van der Waals surface area contributed by atoms with Crippen molar-refractivity contribution < 1.29 is 36.9 Å². The molecule has 48 heavy (non-hydrogen) atoms. The van der Waals surface area contributed by atoms with Crippen LogP contribution in [-0.2, 0) is 4.74 Å². The third-order valence-corrected chi connectivity index (χ3v) is 7.40. The minimum absolute atomic E-state index is 0.0180. The van der Waals surface area contributed by atoms with Gasteiger partial charge in [-0.3, -0.25) is 4.90 Å². The zero-order valence-electron chi connectivity index (χ0n) is 27.7. The first-order valence-corrected chi connectivity index (χ1v) is 16.1. The molecule has 3 N–H and O–H groups in total. The third kappa shape index (κ3) is 10.7. The van der Waals surface area contributed by atoms with Gasteiger partial charge in [-0.1, -0.05) is 38.1 Å². The Hall–Kier alpha value is -4.56. The van der Waals surface area contributed by atoms with Gasteiger partial charge < -0.3 is 34.9 Å². The normalized spacial score (nSPS) is 14.9. The molecule has 0 bridgehead atoms. The number of methoxy groups -OCH3 is 1. The van der Waals surface area contributed by atoms with Crippen LogP contribution in [0.15, 0.2) is 48.5 Å². The lowest BCUT2D eigenvalue weighted by Gasteiger charge is -2.26. The molecule has 1 fully saturated rings. The molecule has 0 radical (unpaired) electrons. The zero-order valence-corrected chi connectivity index (χ0v) is 27.7. The standard InChI is InChI=1S/C32H37F3N6O5.C2H6/c1-21-19-29(40-30(37-21)36-13-6-14-41-15-17-44-18-16-41)45-27-10-5-9-25(23-7-3-4-8-24(23)27)38-31(42)39-26-20-22(46-32(33,34)35)11-12-28(26)43-2;1-2/h3-4,7-8,11-12,19-20H,5-6,9-10,13-18H2,1-2H3,(H,36,37,40)(H2,38,39,42);1-2H3. The Morgan fingerprint density at radius 2 is 1.75 bits per heavy atom. The predicted molar refractivity (Wildman–Crippen MR) is 177 cm³/mol. The van der Waals surface area contributed by atoms with E-state index in [2.05, 4.69) is 35.6 Å². The lowest BCUT2D eigenvalue weighted by atomic mass is 10.2. The van der Waals surface area contributed by atoms with Crippen molar-refractivity contribution in [2.24, 2.45) is 0 Å². The first-order valence-electron chi connectivity index (χ1n) is 16.1. The van der Waals surface area contributed by atoms with Crippen LogP contribution in [-0.4, -0.2) is 73.8 Å². The van der Waals surface area contributed by atoms with Gasteiger partial charge in [0, 0.05) is 60.0 Å². The molecule has 2 heterocycles. The summed E-state index contributed by atoms with van der Waals surface area (Å²) in [4.78, 5) is 24.6. The number of aromatic nitrogens is 2. The van der Waals surface area contributed by atoms with Crippen LogP contribution in [0.1, 0.15) is 45.2 Å². The SMILES string of the molecule is CC.COc1ccc(OC(F)(F)F)cc1NC(=O)NC1=c2ccccc2=C(Oc2cc(C)nc(NCCCN3CCOCC3)n2)CCC1. The molecule has 0 atom stereocenters. The summed E-state index contributed by atoms with van der Waals surface area (Å²) >= 11 is 0. The molecule has 0 spiro atoms. The largest absolute Gasteiger partial charge is 0.573 e. The van der Waals surface area contributed by atoms with Crippen LogP contribution in [0.2, 0.25) is 0 Å². The fourth-order valence-electron chi connectivity index (χ4n) is 5.32. The van der Waals surface area contributed by atoms with Crippen LogP contribution in [0.3, 0.4) is 0 Å². The predicted octanol–water partition coefficient (Wildman–Crippen LogP) is 5.15.